The monoisotopic (exact) mass is 401 g/mol. The zero-order valence-corrected chi connectivity index (χ0v) is 15.2. The van der Waals surface area contributed by atoms with Crippen LogP contribution in [0.25, 0.3) is 0 Å². The molecule has 1 heterocycles. The van der Waals surface area contributed by atoms with Gasteiger partial charge in [0.05, 0.1) is 13.2 Å². The lowest BCUT2D eigenvalue weighted by atomic mass is 9.75. The van der Waals surface area contributed by atoms with E-state index in [1.165, 1.54) is 12.1 Å². The van der Waals surface area contributed by atoms with Crippen molar-refractivity contribution in [2.45, 2.75) is 31.2 Å². The number of hydrogen-bond acceptors (Lipinski definition) is 5. The zero-order chi connectivity index (χ0) is 20.2. The van der Waals surface area contributed by atoms with Crippen molar-refractivity contribution >= 4 is 17.5 Å². The predicted octanol–water partition coefficient (Wildman–Crippen LogP) is 1.89. The molecule has 2 amide bonds. The Labute approximate surface area is 160 Å². The van der Waals surface area contributed by atoms with Gasteiger partial charge < -0.3 is 20.1 Å². The minimum absolute atomic E-state index is 0.129. The summed E-state index contributed by atoms with van der Waals surface area (Å²) >= 11 is 0. The number of hydrogen-bond donors (Lipinski definition) is 2. The molecule has 28 heavy (non-hydrogen) atoms. The van der Waals surface area contributed by atoms with Gasteiger partial charge in [-0.05, 0) is 43.5 Å². The second-order valence-electron chi connectivity index (χ2n) is 6.89. The van der Waals surface area contributed by atoms with Crippen LogP contribution < -0.4 is 15.4 Å². The van der Waals surface area contributed by atoms with Crippen molar-refractivity contribution in [3.63, 3.8) is 0 Å². The summed E-state index contributed by atoms with van der Waals surface area (Å²) in [5.41, 5.74) is 0.0669. The molecule has 0 unspecified atom stereocenters. The Balaban J connectivity index is 1.50. The van der Waals surface area contributed by atoms with Crippen LogP contribution in [-0.2, 0) is 14.3 Å². The van der Waals surface area contributed by atoms with Crippen molar-refractivity contribution in [1.29, 1.82) is 0 Å². The Morgan fingerprint density at radius 3 is 2.29 bits per heavy atom. The van der Waals surface area contributed by atoms with Gasteiger partial charge in [0.15, 0.2) is 0 Å². The summed E-state index contributed by atoms with van der Waals surface area (Å²) in [6.07, 6.45) is -1.81. The summed E-state index contributed by atoms with van der Waals surface area (Å²) < 4.78 is 45.6. The van der Waals surface area contributed by atoms with E-state index in [1.807, 2.05) is 0 Å². The van der Waals surface area contributed by atoms with E-state index in [0.29, 0.717) is 19.8 Å². The van der Waals surface area contributed by atoms with Crippen LogP contribution >= 0.6 is 0 Å². The summed E-state index contributed by atoms with van der Waals surface area (Å²) in [7, 11) is 0. The number of nitrogens with one attached hydrogen (secondary N) is 2. The summed E-state index contributed by atoms with van der Waals surface area (Å²) in [5.74, 6) is -2.07. The van der Waals surface area contributed by atoms with Crippen molar-refractivity contribution in [3.05, 3.63) is 24.3 Å². The van der Waals surface area contributed by atoms with Crippen LogP contribution in [0.4, 0.5) is 18.9 Å². The molecule has 2 fully saturated rings. The Bertz CT molecular complexity index is 699. The lowest BCUT2D eigenvalue weighted by molar-refractivity contribution is -0.274. The van der Waals surface area contributed by atoms with Gasteiger partial charge in [-0.2, -0.15) is 0 Å². The van der Waals surface area contributed by atoms with Crippen LogP contribution in [0, 0.1) is 0 Å². The highest BCUT2D eigenvalue weighted by Crippen LogP contribution is 2.37. The molecular formula is C18H22F3N3O4. The average molecular weight is 401 g/mol. The molecule has 0 aromatic heterocycles. The third-order valence-electron chi connectivity index (χ3n) is 5.10. The van der Waals surface area contributed by atoms with E-state index in [2.05, 4.69) is 20.3 Å². The number of carbonyl (C=O) groups is 2. The largest absolute Gasteiger partial charge is 0.573 e. The Morgan fingerprint density at radius 2 is 1.75 bits per heavy atom. The molecule has 3 rings (SSSR count). The lowest BCUT2D eigenvalue weighted by Gasteiger charge is -2.51. The van der Waals surface area contributed by atoms with Gasteiger partial charge in [0, 0.05) is 30.9 Å². The van der Waals surface area contributed by atoms with E-state index in [4.69, 9.17) is 4.74 Å². The molecule has 1 aliphatic heterocycles. The number of nitrogens with zero attached hydrogens (tertiary/aromatic N) is 1. The molecule has 0 radical (unpaired) electrons. The molecule has 2 aliphatic rings. The van der Waals surface area contributed by atoms with E-state index < -0.39 is 23.9 Å². The molecule has 1 saturated carbocycles. The number of morpholine rings is 1. The van der Waals surface area contributed by atoms with E-state index in [1.54, 1.807) is 0 Å². The van der Waals surface area contributed by atoms with E-state index >= 15 is 0 Å². The van der Waals surface area contributed by atoms with Crippen molar-refractivity contribution in [2.75, 3.05) is 38.2 Å². The van der Waals surface area contributed by atoms with E-state index in [9.17, 15) is 22.8 Å². The van der Waals surface area contributed by atoms with Crippen LogP contribution in [0.1, 0.15) is 19.3 Å². The number of anilines is 1. The van der Waals surface area contributed by atoms with Crippen LogP contribution in [0.2, 0.25) is 0 Å². The van der Waals surface area contributed by atoms with Crippen LogP contribution in [0.3, 0.4) is 0 Å². The normalized spacial score (nSPS) is 19.4. The second kappa shape index (κ2) is 8.36. The standard InChI is InChI=1S/C18H22F3N3O4/c19-18(20,21)28-14-4-2-13(3-5-14)23-16(26)15(25)22-12-17(6-1-7-17)24-8-10-27-11-9-24/h2-5H,1,6-12H2,(H,22,25)(H,23,26). The smallest absolute Gasteiger partial charge is 0.406 e. The number of halogens is 3. The minimum Gasteiger partial charge on any atom is -0.406 e. The van der Waals surface area contributed by atoms with Gasteiger partial charge in [-0.15, -0.1) is 13.2 Å². The fraction of sp³-hybridized carbons (Fsp3) is 0.556. The third-order valence-corrected chi connectivity index (χ3v) is 5.10. The lowest BCUT2D eigenvalue weighted by Crippen LogP contribution is -2.63. The molecule has 7 nitrogen and oxygen atoms in total. The highest BCUT2D eigenvalue weighted by molar-refractivity contribution is 6.39. The Morgan fingerprint density at radius 1 is 1.11 bits per heavy atom. The molecule has 1 aromatic carbocycles. The quantitative estimate of drug-likeness (QED) is 0.737. The van der Waals surface area contributed by atoms with Gasteiger partial charge >= 0.3 is 18.2 Å². The first-order chi connectivity index (χ1) is 13.3. The first-order valence-corrected chi connectivity index (χ1v) is 9.05. The minimum atomic E-state index is -4.79. The molecular weight excluding hydrogens is 379 g/mol. The van der Waals surface area contributed by atoms with E-state index in [0.717, 1.165) is 44.5 Å². The summed E-state index contributed by atoms with van der Waals surface area (Å²) in [5, 5.41) is 5.04. The number of ether oxygens (including phenoxy) is 2. The topological polar surface area (TPSA) is 79.9 Å². The SMILES string of the molecule is O=C(NCC1(N2CCOCC2)CCC1)C(=O)Nc1ccc(OC(F)(F)F)cc1. The maximum atomic E-state index is 12.2. The highest BCUT2D eigenvalue weighted by Gasteiger charge is 2.43. The maximum absolute atomic E-state index is 12.2. The molecule has 10 heteroatoms. The number of rotatable bonds is 5. The molecule has 154 valence electrons. The fourth-order valence-corrected chi connectivity index (χ4v) is 3.48. The van der Waals surface area contributed by atoms with Crippen LogP contribution in [0.5, 0.6) is 5.75 Å². The highest BCUT2D eigenvalue weighted by atomic mass is 19.4. The van der Waals surface area contributed by atoms with Crippen molar-refractivity contribution < 1.29 is 32.2 Å². The van der Waals surface area contributed by atoms with Crippen LogP contribution in [0.15, 0.2) is 24.3 Å². The Kier molecular flexibility index (Phi) is 6.09. The fourth-order valence-electron chi connectivity index (χ4n) is 3.48. The van der Waals surface area contributed by atoms with Crippen molar-refractivity contribution in [1.82, 2.24) is 10.2 Å². The number of amides is 2. The zero-order valence-electron chi connectivity index (χ0n) is 15.2. The van der Waals surface area contributed by atoms with Crippen LogP contribution in [-0.4, -0.2) is 61.5 Å². The average Bonchev–Trinajstić information content (AvgIpc) is 2.62. The van der Waals surface area contributed by atoms with Crippen molar-refractivity contribution in [3.8, 4) is 5.75 Å². The van der Waals surface area contributed by atoms with Gasteiger partial charge in [0.1, 0.15) is 5.75 Å². The second-order valence-corrected chi connectivity index (χ2v) is 6.89. The third kappa shape index (κ3) is 5.14. The van der Waals surface area contributed by atoms with Gasteiger partial charge in [-0.1, -0.05) is 0 Å². The van der Waals surface area contributed by atoms with Gasteiger partial charge in [-0.3, -0.25) is 14.5 Å². The van der Waals surface area contributed by atoms with E-state index in [-0.39, 0.29) is 11.2 Å². The number of benzene rings is 1. The molecule has 1 saturated heterocycles. The number of carbonyl (C=O) groups excluding carboxylic acids is 2. The molecule has 0 bridgehead atoms. The Hall–Kier alpha value is -2.33. The van der Waals surface area contributed by atoms with Gasteiger partial charge in [-0.25, -0.2) is 0 Å². The van der Waals surface area contributed by atoms with Gasteiger partial charge in [0.2, 0.25) is 0 Å². The number of alkyl halides is 3. The molecule has 0 spiro atoms. The predicted molar refractivity (Wildman–Crippen MR) is 93.7 cm³/mol. The van der Waals surface area contributed by atoms with Crippen molar-refractivity contribution in [2.24, 2.45) is 0 Å². The molecule has 1 aromatic rings. The first kappa shape index (κ1) is 20.4. The molecule has 0 atom stereocenters. The summed E-state index contributed by atoms with van der Waals surface area (Å²) in [6.45, 7) is 3.29. The molecule has 2 N–H and O–H groups in total. The summed E-state index contributed by atoms with van der Waals surface area (Å²) in [6, 6.07) is 4.58. The first-order valence-electron chi connectivity index (χ1n) is 9.05. The van der Waals surface area contributed by atoms with Gasteiger partial charge in [0.25, 0.3) is 0 Å². The molecule has 1 aliphatic carbocycles. The maximum Gasteiger partial charge on any atom is 0.573 e. The summed E-state index contributed by atoms with van der Waals surface area (Å²) in [4.78, 5) is 26.5.